The van der Waals surface area contributed by atoms with E-state index in [-0.39, 0.29) is 0 Å². The smallest absolute Gasteiger partial charge is 0.208 e. The van der Waals surface area contributed by atoms with Gasteiger partial charge in [-0.05, 0) is 42.9 Å². The zero-order valence-electron chi connectivity index (χ0n) is 10.6. The fraction of sp³-hybridized carbons (Fsp3) is 0.357. The molecule has 1 aromatic carbocycles. The van der Waals surface area contributed by atoms with E-state index in [4.69, 9.17) is 16.0 Å². The first kappa shape index (κ1) is 13.0. The highest BCUT2D eigenvalue weighted by atomic mass is 35.5. The minimum absolute atomic E-state index is 0.321. The summed E-state index contributed by atoms with van der Waals surface area (Å²) in [6, 6.07) is 6.43. The quantitative estimate of drug-likeness (QED) is 0.930. The van der Waals surface area contributed by atoms with Crippen molar-refractivity contribution in [2.75, 3.05) is 5.75 Å². The number of halogens is 1. The van der Waals surface area contributed by atoms with E-state index >= 15 is 0 Å². The summed E-state index contributed by atoms with van der Waals surface area (Å²) in [5, 5.41) is 4.30. The van der Waals surface area contributed by atoms with Gasteiger partial charge in [-0.15, -0.1) is 11.8 Å². The summed E-state index contributed by atoms with van der Waals surface area (Å²) in [5.74, 6) is 2.70. The van der Waals surface area contributed by atoms with Crippen LogP contribution >= 0.6 is 23.4 Å². The van der Waals surface area contributed by atoms with Gasteiger partial charge in [0.2, 0.25) is 5.89 Å². The van der Waals surface area contributed by atoms with E-state index in [0.717, 1.165) is 28.8 Å². The van der Waals surface area contributed by atoms with E-state index in [0.29, 0.717) is 12.6 Å². The molecule has 0 saturated carbocycles. The molecule has 0 amide bonds. The molecule has 1 N–H and O–H groups in total. The molecular weight excluding hydrogens is 280 g/mol. The van der Waals surface area contributed by atoms with E-state index in [2.05, 4.69) is 22.4 Å². The molecule has 1 aromatic heterocycles. The Kier molecular flexibility index (Phi) is 3.82. The van der Waals surface area contributed by atoms with Crippen molar-refractivity contribution in [2.24, 2.45) is 0 Å². The molecule has 2 heterocycles. The fourth-order valence-corrected chi connectivity index (χ4v) is 3.56. The summed E-state index contributed by atoms with van der Waals surface area (Å²) in [6.45, 7) is 2.55. The van der Waals surface area contributed by atoms with Crippen LogP contribution in [-0.2, 0) is 6.54 Å². The second-order valence-electron chi connectivity index (χ2n) is 4.62. The molecule has 5 heteroatoms. The molecule has 0 spiro atoms. The summed E-state index contributed by atoms with van der Waals surface area (Å²) in [4.78, 5) is 5.53. The summed E-state index contributed by atoms with van der Waals surface area (Å²) in [5.41, 5.74) is 1.28. The molecule has 0 fully saturated rings. The lowest BCUT2D eigenvalue weighted by Gasteiger charge is -2.25. The molecule has 1 atom stereocenters. The van der Waals surface area contributed by atoms with Crippen LogP contribution in [-0.4, -0.2) is 10.7 Å². The number of nitrogens with zero attached hydrogens (tertiary/aromatic N) is 1. The molecule has 0 bridgehead atoms. The Bertz CT molecular complexity index is 585. The van der Waals surface area contributed by atoms with E-state index in [1.54, 1.807) is 6.20 Å². The normalized spacial score (nSPS) is 18.3. The third-order valence-corrected chi connectivity index (χ3v) is 4.54. The van der Waals surface area contributed by atoms with Crippen LogP contribution < -0.4 is 5.32 Å². The van der Waals surface area contributed by atoms with Crippen molar-refractivity contribution in [3.8, 4) is 0 Å². The Morgan fingerprint density at radius 2 is 2.42 bits per heavy atom. The van der Waals surface area contributed by atoms with Gasteiger partial charge in [-0.1, -0.05) is 11.6 Å². The van der Waals surface area contributed by atoms with Crippen molar-refractivity contribution in [1.82, 2.24) is 10.3 Å². The molecular formula is C14H15ClN2OS. The Labute approximate surface area is 121 Å². The number of aryl methyl sites for hydroxylation is 1. The first-order chi connectivity index (χ1) is 9.22. The van der Waals surface area contributed by atoms with Crippen LogP contribution in [0.2, 0.25) is 5.02 Å². The highest BCUT2D eigenvalue weighted by molar-refractivity contribution is 7.99. The Balaban J connectivity index is 1.74. The minimum atomic E-state index is 0.321. The molecule has 0 radical (unpaired) electrons. The number of fused-ring (bicyclic) bond motifs is 1. The topological polar surface area (TPSA) is 38.1 Å². The molecule has 1 aliphatic heterocycles. The molecule has 0 aliphatic carbocycles. The maximum absolute atomic E-state index is 6.09. The number of aromatic nitrogens is 1. The lowest BCUT2D eigenvalue weighted by molar-refractivity contribution is 0.417. The number of hydrogen-bond donors (Lipinski definition) is 1. The van der Waals surface area contributed by atoms with E-state index < -0.39 is 0 Å². The van der Waals surface area contributed by atoms with Crippen LogP contribution in [0, 0.1) is 6.92 Å². The minimum Gasteiger partial charge on any atom is -0.445 e. The lowest BCUT2D eigenvalue weighted by Crippen LogP contribution is -2.24. The first-order valence-corrected chi connectivity index (χ1v) is 7.65. The number of thioether (sulfide) groups is 1. The van der Waals surface area contributed by atoms with Crippen LogP contribution in [0.4, 0.5) is 0 Å². The van der Waals surface area contributed by atoms with Crippen molar-refractivity contribution in [1.29, 1.82) is 0 Å². The van der Waals surface area contributed by atoms with Gasteiger partial charge in [-0.2, -0.15) is 0 Å². The van der Waals surface area contributed by atoms with Gasteiger partial charge in [0, 0.05) is 16.0 Å². The summed E-state index contributed by atoms with van der Waals surface area (Å²) >= 11 is 7.98. The molecule has 1 aliphatic rings. The van der Waals surface area contributed by atoms with Crippen molar-refractivity contribution in [3.05, 3.63) is 46.6 Å². The van der Waals surface area contributed by atoms with Crippen LogP contribution in [0.3, 0.4) is 0 Å². The number of oxazole rings is 1. The zero-order valence-corrected chi connectivity index (χ0v) is 12.2. The van der Waals surface area contributed by atoms with Gasteiger partial charge in [-0.3, -0.25) is 0 Å². The number of benzene rings is 1. The van der Waals surface area contributed by atoms with E-state index in [1.807, 2.05) is 24.8 Å². The standard InChI is InChI=1S/C14H15ClN2OS/c1-9-7-17-14(18-9)8-16-12-4-5-19-13-3-2-10(15)6-11(12)13/h2-3,6-7,12,16H,4-5,8H2,1H3. The molecule has 100 valence electrons. The monoisotopic (exact) mass is 294 g/mol. The average Bonchev–Trinajstić information content (AvgIpc) is 2.82. The molecule has 0 saturated heterocycles. The molecule has 1 unspecified atom stereocenters. The largest absolute Gasteiger partial charge is 0.445 e. The lowest BCUT2D eigenvalue weighted by atomic mass is 10.0. The Morgan fingerprint density at radius 1 is 1.53 bits per heavy atom. The van der Waals surface area contributed by atoms with Crippen LogP contribution in [0.1, 0.15) is 29.7 Å². The first-order valence-electron chi connectivity index (χ1n) is 6.29. The van der Waals surface area contributed by atoms with Crippen molar-refractivity contribution < 1.29 is 4.42 Å². The van der Waals surface area contributed by atoms with Crippen molar-refractivity contribution >= 4 is 23.4 Å². The van der Waals surface area contributed by atoms with Crippen LogP contribution in [0.15, 0.2) is 33.7 Å². The maximum Gasteiger partial charge on any atom is 0.208 e. The highest BCUT2D eigenvalue weighted by Crippen LogP contribution is 2.37. The second-order valence-corrected chi connectivity index (χ2v) is 6.19. The van der Waals surface area contributed by atoms with E-state index in [1.165, 1.54) is 10.5 Å². The average molecular weight is 295 g/mol. The second kappa shape index (κ2) is 5.57. The van der Waals surface area contributed by atoms with Gasteiger partial charge in [0.15, 0.2) is 0 Å². The van der Waals surface area contributed by atoms with Crippen LogP contribution in [0.25, 0.3) is 0 Å². The summed E-state index contributed by atoms with van der Waals surface area (Å²) in [6.07, 6.45) is 2.84. The van der Waals surface area contributed by atoms with Crippen LogP contribution in [0.5, 0.6) is 0 Å². The zero-order chi connectivity index (χ0) is 13.2. The molecule has 2 aromatic rings. The van der Waals surface area contributed by atoms with Gasteiger partial charge >= 0.3 is 0 Å². The highest BCUT2D eigenvalue weighted by Gasteiger charge is 2.21. The predicted molar refractivity (Wildman–Crippen MR) is 77.6 cm³/mol. The van der Waals surface area contributed by atoms with Gasteiger partial charge in [0.25, 0.3) is 0 Å². The van der Waals surface area contributed by atoms with E-state index in [9.17, 15) is 0 Å². The number of nitrogens with one attached hydrogen (secondary N) is 1. The fourth-order valence-electron chi connectivity index (χ4n) is 2.27. The summed E-state index contributed by atoms with van der Waals surface area (Å²) < 4.78 is 5.48. The summed E-state index contributed by atoms with van der Waals surface area (Å²) in [7, 11) is 0. The van der Waals surface area contributed by atoms with Gasteiger partial charge < -0.3 is 9.73 Å². The van der Waals surface area contributed by atoms with Gasteiger partial charge in [0.05, 0.1) is 12.7 Å². The number of hydrogen-bond acceptors (Lipinski definition) is 4. The predicted octanol–water partition coefficient (Wildman–Crippen LogP) is 3.96. The van der Waals surface area contributed by atoms with Crippen molar-refractivity contribution in [2.45, 2.75) is 30.8 Å². The number of rotatable bonds is 3. The van der Waals surface area contributed by atoms with Gasteiger partial charge in [0.1, 0.15) is 5.76 Å². The third kappa shape index (κ3) is 2.96. The third-order valence-electron chi connectivity index (χ3n) is 3.18. The molecule has 3 rings (SSSR count). The molecule has 3 nitrogen and oxygen atoms in total. The van der Waals surface area contributed by atoms with Crippen molar-refractivity contribution in [3.63, 3.8) is 0 Å². The maximum atomic E-state index is 6.09. The Morgan fingerprint density at radius 3 is 3.21 bits per heavy atom. The SMILES string of the molecule is Cc1cnc(CNC2CCSc3ccc(Cl)cc32)o1. The Hall–Kier alpha value is -0.970. The molecule has 19 heavy (non-hydrogen) atoms. The van der Waals surface area contributed by atoms with Gasteiger partial charge in [-0.25, -0.2) is 4.98 Å².